The van der Waals surface area contributed by atoms with Crippen LogP contribution in [0.2, 0.25) is 0 Å². The second-order valence-corrected chi connectivity index (χ2v) is 10.4. The number of carbonyl (C=O) groups excluding carboxylic acids is 1. The Bertz CT molecular complexity index is 686. The molecule has 12 heteroatoms. The monoisotopic (exact) mass is 473 g/mol. The summed E-state index contributed by atoms with van der Waals surface area (Å²) < 4.78 is 11.8. The van der Waals surface area contributed by atoms with Crippen molar-refractivity contribution in [3.63, 3.8) is 0 Å². The molecule has 3 aliphatic carbocycles. The molecule has 0 aromatic carbocycles. The Labute approximate surface area is 193 Å². The molecule has 190 valence electrons. The molecule has 0 radical (unpaired) electrons. The van der Waals surface area contributed by atoms with Gasteiger partial charge in [0.25, 0.3) is 5.91 Å². The molecule has 4 fully saturated rings. The quantitative estimate of drug-likeness (QED) is 0.165. The lowest BCUT2D eigenvalue weighted by atomic mass is 9.81. The molecule has 12 N–H and O–H groups in total. The van der Waals surface area contributed by atoms with Crippen molar-refractivity contribution in [2.75, 3.05) is 13.1 Å². The van der Waals surface area contributed by atoms with Gasteiger partial charge in [-0.2, -0.15) is 0 Å². The number of rotatable bonds is 8. The van der Waals surface area contributed by atoms with Crippen molar-refractivity contribution in [3.05, 3.63) is 0 Å². The van der Waals surface area contributed by atoms with Gasteiger partial charge < -0.3 is 57.7 Å². The van der Waals surface area contributed by atoms with Crippen LogP contribution in [0.25, 0.3) is 0 Å². The predicted molar refractivity (Wildman–Crippen MR) is 116 cm³/mol. The lowest BCUT2D eigenvalue weighted by Crippen LogP contribution is -2.60. The van der Waals surface area contributed by atoms with Crippen molar-refractivity contribution in [1.29, 1.82) is 0 Å². The van der Waals surface area contributed by atoms with Crippen LogP contribution in [0.4, 0.5) is 0 Å². The van der Waals surface area contributed by atoms with Crippen LogP contribution < -0.4 is 27.8 Å². The zero-order valence-corrected chi connectivity index (χ0v) is 18.8. The minimum Gasteiger partial charge on any atom is -0.390 e. The van der Waals surface area contributed by atoms with E-state index in [1.54, 1.807) is 0 Å². The summed E-state index contributed by atoms with van der Waals surface area (Å²) in [6.45, 7) is 1.11. The van der Waals surface area contributed by atoms with Gasteiger partial charge in [0, 0.05) is 43.6 Å². The molecule has 1 amide bonds. The van der Waals surface area contributed by atoms with Crippen molar-refractivity contribution in [3.8, 4) is 0 Å². The van der Waals surface area contributed by atoms with E-state index >= 15 is 0 Å². The Morgan fingerprint density at radius 1 is 1.03 bits per heavy atom. The molecule has 4 rings (SSSR count). The molecule has 10 atom stereocenters. The fraction of sp³-hybridized carbons (Fsp3) is 0.952. The van der Waals surface area contributed by atoms with Crippen LogP contribution in [-0.4, -0.2) is 106 Å². The first-order valence-corrected chi connectivity index (χ1v) is 11.9. The Balaban J connectivity index is 1.25. The molecule has 0 spiro atoms. The van der Waals surface area contributed by atoms with Crippen molar-refractivity contribution in [2.45, 2.75) is 105 Å². The molecule has 4 aliphatic rings. The van der Waals surface area contributed by atoms with Crippen LogP contribution >= 0.6 is 0 Å². The minimum absolute atomic E-state index is 0.0518. The van der Waals surface area contributed by atoms with Crippen LogP contribution in [0.15, 0.2) is 0 Å². The van der Waals surface area contributed by atoms with Crippen molar-refractivity contribution in [2.24, 2.45) is 23.1 Å². The number of aliphatic hydroxyl groups excluding tert-OH is 3. The van der Waals surface area contributed by atoms with Crippen molar-refractivity contribution < 1.29 is 34.7 Å². The third-order valence-electron chi connectivity index (χ3n) is 7.49. The number of nitrogens with one attached hydrogen (secondary N) is 2. The molecule has 12 nitrogen and oxygen atoms in total. The maximum atomic E-state index is 12.2. The summed E-state index contributed by atoms with van der Waals surface area (Å²) >= 11 is 0. The van der Waals surface area contributed by atoms with Crippen LogP contribution in [-0.2, 0) is 14.3 Å². The molecule has 1 heterocycles. The molecule has 33 heavy (non-hydrogen) atoms. The highest BCUT2D eigenvalue weighted by molar-refractivity contribution is 5.89. The van der Waals surface area contributed by atoms with Gasteiger partial charge in [-0.15, -0.1) is 0 Å². The first kappa shape index (κ1) is 25.2. The van der Waals surface area contributed by atoms with Gasteiger partial charge in [0.1, 0.15) is 18.3 Å². The third-order valence-corrected chi connectivity index (χ3v) is 7.49. The fourth-order valence-electron chi connectivity index (χ4n) is 5.16. The minimum atomic E-state index is -1.54. The Kier molecular flexibility index (Phi) is 7.61. The normalized spacial score (nSPS) is 49.8. The van der Waals surface area contributed by atoms with Crippen molar-refractivity contribution >= 4 is 5.91 Å². The number of ether oxygens (including phenoxy) is 2. The van der Waals surface area contributed by atoms with Gasteiger partial charge in [-0.1, -0.05) is 0 Å². The number of amides is 1. The summed E-state index contributed by atoms with van der Waals surface area (Å²) in [6, 6.07) is -1.33. The molecule has 3 saturated carbocycles. The zero-order chi connectivity index (χ0) is 23.9. The van der Waals surface area contributed by atoms with Gasteiger partial charge in [0.15, 0.2) is 11.9 Å². The topological polar surface area (TPSA) is 219 Å². The van der Waals surface area contributed by atoms with Gasteiger partial charge in [0.2, 0.25) is 0 Å². The van der Waals surface area contributed by atoms with Crippen LogP contribution in [0.1, 0.15) is 38.5 Å². The molecule has 0 aromatic rings. The predicted octanol–water partition coefficient (Wildman–Crippen LogP) is -4.04. The molecule has 1 aliphatic heterocycles. The van der Waals surface area contributed by atoms with E-state index in [0.717, 1.165) is 19.4 Å². The van der Waals surface area contributed by atoms with Crippen LogP contribution in [0.3, 0.4) is 0 Å². The fourth-order valence-corrected chi connectivity index (χ4v) is 5.16. The van der Waals surface area contributed by atoms with E-state index in [0.29, 0.717) is 18.9 Å². The first-order valence-electron chi connectivity index (χ1n) is 11.9. The standard InChI is InChI=1S/C21H39N5O7/c22-10-1-9(2-10)7-25-8-15-18(29)13(27)5-17(32-15)33-19-12(23)3-11(4-14(19)28)26-20(30)21(31)6-16(21)24/h9-19,25,27-29,31H,1-8,22-24H2,(H,26,30)/t9?,10?,11?,12?,13?,14?,15?,16?,17-,18+,19-,21?/m1/s1. The summed E-state index contributed by atoms with van der Waals surface area (Å²) in [5, 5.41) is 47.3. The van der Waals surface area contributed by atoms with E-state index in [-0.39, 0.29) is 25.3 Å². The van der Waals surface area contributed by atoms with Gasteiger partial charge >= 0.3 is 0 Å². The number of hydrogen-bond acceptors (Lipinski definition) is 11. The molecular formula is C21H39N5O7. The third kappa shape index (κ3) is 5.67. The summed E-state index contributed by atoms with van der Waals surface area (Å²) in [6.07, 6.45) is -2.58. The molecule has 0 aromatic heterocycles. The number of aliphatic hydroxyl groups is 4. The highest BCUT2D eigenvalue weighted by Crippen LogP contribution is 2.35. The van der Waals surface area contributed by atoms with Gasteiger partial charge in [0.05, 0.1) is 12.2 Å². The summed E-state index contributed by atoms with van der Waals surface area (Å²) in [5.41, 5.74) is 16.1. The van der Waals surface area contributed by atoms with E-state index < -0.39 is 66.4 Å². The number of carbonyl (C=O) groups is 1. The molecular weight excluding hydrogens is 434 g/mol. The smallest absolute Gasteiger partial charge is 0.253 e. The number of nitrogens with two attached hydrogens (primary N) is 3. The lowest BCUT2D eigenvalue weighted by molar-refractivity contribution is -0.276. The van der Waals surface area contributed by atoms with E-state index in [1.165, 1.54) is 0 Å². The number of hydrogen-bond donors (Lipinski definition) is 9. The second kappa shape index (κ2) is 9.97. The largest absolute Gasteiger partial charge is 0.390 e. The summed E-state index contributed by atoms with van der Waals surface area (Å²) in [4.78, 5) is 12.2. The van der Waals surface area contributed by atoms with E-state index in [4.69, 9.17) is 26.7 Å². The maximum Gasteiger partial charge on any atom is 0.253 e. The van der Waals surface area contributed by atoms with E-state index in [1.807, 2.05) is 0 Å². The molecule has 7 unspecified atom stereocenters. The van der Waals surface area contributed by atoms with Gasteiger partial charge in [-0.3, -0.25) is 4.79 Å². The highest BCUT2D eigenvalue weighted by Gasteiger charge is 2.57. The van der Waals surface area contributed by atoms with Gasteiger partial charge in [-0.25, -0.2) is 0 Å². The summed E-state index contributed by atoms with van der Waals surface area (Å²) in [5.74, 6) is -0.0383. The Hall–Kier alpha value is -0.930. The Morgan fingerprint density at radius 3 is 2.33 bits per heavy atom. The summed E-state index contributed by atoms with van der Waals surface area (Å²) in [7, 11) is 0. The van der Waals surface area contributed by atoms with Crippen LogP contribution in [0.5, 0.6) is 0 Å². The van der Waals surface area contributed by atoms with Crippen LogP contribution in [0, 0.1) is 5.92 Å². The second-order valence-electron chi connectivity index (χ2n) is 10.4. The maximum absolute atomic E-state index is 12.2. The van der Waals surface area contributed by atoms with E-state index in [9.17, 15) is 25.2 Å². The average molecular weight is 474 g/mol. The SMILES string of the molecule is NC1CC(CNCC2O[C@H](O[C@@H]3C(N)CC(NC(=O)C4(O)CC4N)CC3O)CC(O)[C@@H]2O)C1. The van der Waals surface area contributed by atoms with Crippen molar-refractivity contribution in [1.82, 2.24) is 10.6 Å². The van der Waals surface area contributed by atoms with E-state index in [2.05, 4.69) is 10.6 Å². The highest BCUT2D eigenvalue weighted by atomic mass is 16.7. The molecule has 1 saturated heterocycles. The lowest BCUT2D eigenvalue weighted by Gasteiger charge is -2.43. The average Bonchev–Trinajstić information content (AvgIpc) is 3.34. The zero-order valence-electron chi connectivity index (χ0n) is 18.8. The molecule has 0 bridgehead atoms. The Morgan fingerprint density at radius 2 is 1.73 bits per heavy atom. The van der Waals surface area contributed by atoms with Gasteiger partial charge in [-0.05, 0) is 38.1 Å². The first-order chi connectivity index (χ1) is 15.6.